The largest absolute Gasteiger partial charge is 0.465 e. The van der Waals surface area contributed by atoms with E-state index in [0.717, 1.165) is 27.1 Å². The van der Waals surface area contributed by atoms with Crippen molar-refractivity contribution in [1.82, 2.24) is 4.98 Å². The first-order valence-corrected chi connectivity index (χ1v) is 9.74. The molecule has 0 aliphatic carbocycles. The Morgan fingerprint density at radius 2 is 1.96 bits per heavy atom. The first-order valence-electron chi connectivity index (χ1n) is 8.92. The number of amides is 1. The second kappa shape index (κ2) is 8.80. The van der Waals surface area contributed by atoms with Gasteiger partial charge in [0.1, 0.15) is 0 Å². The van der Waals surface area contributed by atoms with E-state index in [0.29, 0.717) is 23.5 Å². The molecular weight excluding hydrogens is 372 g/mol. The third-order valence-electron chi connectivity index (χ3n) is 4.38. The van der Waals surface area contributed by atoms with Gasteiger partial charge in [0.15, 0.2) is 5.13 Å². The quantitative estimate of drug-likeness (QED) is 0.632. The van der Waals surface area contributed by atoms with Gasteiger partial charge in [-0.3, -0.25) is 4.79 Å². The zero-order valence-corrected chi connectivity index (χ0v) is 16.9. The third-order valence-corrected chi connectivity index (χ3v) is 5.29. The number of nitrogens with zero attached hydrogens (tertiary/aromatic N) is 1. The minimum absolute atomic E-state index is 0.0812. The van der Waals surface area contributed by atoms with Gasteiger partial charge >= 0.3 is 5.97 Å². The fourth-order valence-electron chi connectivity index (χ4n) is 2.90. The number of nitrogens with one attached hydrogen (secondary N) is 1. The zero-order chi connectivity index (χ0) is 20.1. The minimum Gasteiger partial charge on any atom is -0.465 e. The molecule has 0 spiro atoms. The lowest BCUT2D eigenvalue weighted by Gasteiger charge is -2.06. The van der Waals surface area contributed by atoms with Crippen LogP contribution in [0.25, 0.3) is 0 Å². The molecule has 5 nitrogen and oxygen atoms in total. The monoisotopic (exact) mass is 394 g/mol. The highest BCUT2D eigenvalue weighted by Crippen LogP contribution is 2.22. The normalized spacial score (nSPS) is 10.5. The summed E-state index contributed by atoms with van der Waals surface area (Å²) in [6.45, 7) is 4.02. The lowest BCUT2D eigenvalue weighted by Crippen LogP contribution is -2.14. The molecule has 0 bridgehead atoms. The molecule has 3 rings (SSSR count). The number of methoxy groups -OCH3 is 1. The Balaban J connectivity index is 1.63. The molecule has 0 radical (unpaired) electrons. The van der Waals surface area contributed by atoms with Crippen LogP contribution in [0.4, 0.5) is 5.13 Å². The Labute approximate surface area is 168 Å². The van der Waals surface area contributed by atoms with Gasteiger partial charge in [-0.2, -0.15) is 0 Å². The number of aromatic nitrogens is 1. The van der Waals surface area contributed by atoms with Crippen molar-refractivity contribution in [3.8, 4) is 0 Å². The Morgan fingerprint density at radius 3 is 2.75 bits per heavy atom. The lowest BCUT2D eigenvalue weighted by atomic mass is 10.0. The number of hydrogen-bond donors (Lipinski definition) is 1. The number of esters is 1. The number of aryl methyl sites for hydroxylation is 2. The number of rotatable bonds is 6. The number of carbonyl (C=O) groups excluding carboxylic acids is 2. The Hall–Kier alpha value is -2.99. The van der Waals surface area contributed by atoms with E-state index >= 15 is 0 Å². The molecule has 3 aromatic rings. The molecule has 1 aromatic heterocycles. The molecule has 0 atom stereocenters. The van der Waals surface area contributed by atoms with E-state index in [1.54, 1.807) is 12.3 Å². The molecular formula is C22H22N2O3S. The second-order valence-corrected chi connectivity index (χ2v) is 7.77. The maximum absolute atomic E-state index is 12.4. The number of benzene rings is 2. The van der Waals surface area contributed by atoms with Gasteiger partial charge in [0, 0.05) is 17.5 Å². The standard InChI is InChI=1S/C22H22N2O3S/c1-14-7-8-15(2)18(9-14)12-20(25)24-22-23-13-19(28-22)11-16-5-4-6-17(10-16)21(26)27-3/h4-10,13H,11-12H2,1-3H3,(H,23,24,25). The van der Waals surface area contributed by atoms with Gasteiger partial charge in [-0.25, -0.2) is 9.78 Å². The smallest absolute Gasteiger partial charge is 0.337 e. The number of carbonyl (C=O) groups is 2. The molecule has 0 saturated heterocycles. The van der Waals surface area contributed by atoms with E-state index in [-0.39, 0.29) is 11.9 Å². The van der Waals surface area contributed by atoms with Gasteiger partial charge in [-0.1, -0.05) is 35.9 Å². The minimum atomic E-state index is -0.356. The van der Waals surface area contributed by atoms with Crippen molar-refractivity contribution >= 4 is 28.3 Å². The summed E-state index contributed by atoms with van der Waals surface area (Å²) in [6.07, 6.45) is 2.71. The molecule has 0 fully saturated rings. The van der Waals surface area contributed by atoms with Crippen molar-refractivity contribution in [2.24, 2.45) is 0 Å². The molecule has 0 saturated carbocycles. The van der Waals surface area contributed by atoms with Gasteiger partial charge in [0.25, 0.3) is 0 Å². The average Bonchev–Trinajstić information content (AvgIpc) is 3.10. The number of anilines is 1. The summed E-state index contributed by atoms with van der Waals surface area (Å²) in [6, 6.07) is 13.4. The molecule has 0 unspecified atom stereocenters. The summed E-state index contributed by atoms with van der Waals surface area (Å²) in [4.78, 5) is 29.3. The molecule has 1 heterocycles. The fraction of sp³-hybridized carbons (Fsp3) is 0.227. The van der Waals surface area contributed by atoms with Gasteiger partial charge in [0.2, 0.25) is 5.91 Å². The van der Waals surface area contributed by atoms with Crippen molar-refractivity contribution in [2.75, 3.05) is 12.4 Å². The van der Waals surface area contributed by atoms with Crippen molar-refractivity contribution in [3.05, 3.63) is 81.4 Å². The van der Waals surface area contributed by atoms with Gasteiger partial charge in [-0.05, 0) is 42.7 Å². The predicted octanol–water partition coefficient (Wildman–Crippen LogP) is 4.32. The van der Waals surface area contributed by atoms with Crippen LogP contribution in [-0.4, -0.2) is 24.0 Å². The van der Waals surface area contributed by atoms with E-state index < -0.39 is 0 Å². The predicted molar refractivity (Wildman–Crippen MR) is 111 cm³/mol. The van der Waals surface area contributed by atoms with E-state index in [4.69, 9.17) is 4.74 Å². The Kier molecular flexibility index (Phi) is 6.21. The first kappa shape index (κ1) is 19.8. The van der Waals surface area contributed by atoms with Crippen LogP contribution in [0.3, 0.4) is 0 Å². The van der Waals surface area contributed by atoms with Crippen molar-refractivity contribution in [3.63, 3.8) is 0 Å². The molecule has 144 valence electrons. The number of ether oxygens (including phenoxy) is 1. The zero-order valence-electron chi connectivity index (χ0n) is 16.1. The van der Waals surface area contributed by atoms with Crippen molar-refractivity contribution < 1.29 is 14.3 Å². The van der Waals surface area contributed by atoms with E-state index in [1.165, 1.54) is 18.4 Å². The van der Waals surface area contributed by atoms with Crippen LogP contribution in [0.15, 0.2) is 48.7 Å². The fourth-order valence-corrected chi connectivity index (χ4v) is 3.76. The molecule has 0 aliphatic rings. The summed E-state index contributed by atoms with van der Waals surface area (Å²) in [7, 11) is 1.37. The van der Waals surface area contributed by atoms with E-state index in [2.05, 4.69) is 10.3 Å². The molecule has 0 aliphatic heterocycles. The molecule has 6 heteroatoms. The van der Waals surface area contributed by atoms with Gasteiger partial charge in [0.05, 0.1) is 19.1 Å². The van der Waals surface area contributed by atoms with Crippen LogP contribution in [-0.2, 0) is 22.4 Å². The number of thiazole rings is 1. The maximum atomic E-state index is 12.4. The Bertz CT molecular complexity index is 1010. The van der Waals surface area contributed by atoms with Crippen LogP contribution in [0.2, 0.25) is 0 Å². The average molecular weight is 394 g/mol. The number of hydrogen-bond acceptors (Lipinski definition) is 5. The van der Waals surface area contributed by atoms with Crippen LogP contribution in [0.5, 0.6) is 0 Å². The Morgan fingerprint density at radius 1 is 1.14 bits per heavy atom. The van der Waals surface area contributed by atoms with Crippen LogP contribution >= 0.6 is 11.3 Å². The van der Waals surface area contributed by atoms with E-state index in [1.807, 2.05) is 50.2 Å². The third kappa shape index (κ3) is 5.04. The SMILES string of the molecule is COC(=O)c1cccc(Cc2cnc(NC(=O)Cc3cc(C)ccc3C)s2)c1. The van der Waals surface area contributed by atoms with Crippen molar-refractivity contribution in [1.29, 1.82) is 0 Å². The van der Waals surface area contributed by atoms with Crippen LogP contribution < -0.4 is 5.32 Å². The summed E-state index contributed by atoms with van der Waals surface area (Å²) in [5, 5.41) is 3.45. The maximum Gasteiger partial charge on any atom is 0.337 e. The summed E-state index contributed by atoms with van der Waals surface area (Å²) in [5.74, 6) is -0.437. The molecule has 2 aromatic carbocycles. The highest BCUT2D eigenvalue weighted by atomic mass is 32.1. The second-order valence-electron chi connectivity index (χ2n) is 6.66. The molecule has 1 amide bonds. The van der Waals surface area contributed by atoms with Crippen LogP contribution in [0, 0.1) is 13.8 Å². The highest BCUT2D eigenvalue weighted by molar-refractivity contribution is 7.15. The summed E-state index contributed by atoms with van der Waals surface area (Å²) in [5.41, 5.74) is 4.77. The van der Waals surface area contributed by atoms with Crippen molar-refractivity contribution in [2.45, 2.75) is 26.7 Å². The highest BCUT2D eigenvalue weighted by Gasteiger charge is 2.11. The van der Waals surface area contributed by atoms with Crippen LogP contribution in [0.1, 0.15) is 37.5 Å². The topological polar surface area (TPSA) is 68.3 Å². The lowest BCUT2D eigenvalue weighted by molar-refractivity contribution is -0.115. The first-order chi connectivity index (χ1) is 13.4. The molecule has 28 heavy (non-hydrogen) atoms. The summed E-state index contributed by atoms with van der Waals surface area (Å²) >= 11 is 1.43. The van der Waals surface area contributed by atoms with E-state index in [9.17, 15) is 9.59 Å². The summed E-state index contributed by atoms with van der Waals surface area (Å²) < 4.78 is 4.76. The van der Waals surface area contributed by atoms with Gasteiger partial charge in [-0.15, -0.1) is 11.3 Å². The molecule has 1 N–H and O–H groups in total. The van der Waals surface area contributed by atoms with Gasteiger partial charge < -0.3 is 10.1 Å².